The lowest BCUT2D eigenvalue weighted by Gasteiger charge is -2.08. The highest BCUT2D eigenvalue weighted by Crippen LogP contribution is 2.23. The molecular formula is C15H17N5. The topological polar surface area (TPSA) is 80.5 Å². The number of aromatic amines is 1. The monoisotopic (exact) mass is 267 g/mol. The number of benzene rings is 1. The van der Waals surface area contributed by atoms with E-state index in [9.17, 15) is 0 Å². The van der Waals surface area contributed by atoms with E-state index in [4.69, 9.17) is 5.73 Å². The lowest BCUT2D eigenvalue weighted by molar-refractivity contribution is 0.735. The van der Waals surface area contributed by atoms with Gasteiger partial charge in [-0.25, -0.2) is 15.0 Å². The minimum atomic E-state index is -0.174. The Morgan fingerprint density at radius 2 is 1.90 bits per heavy atom. The van der Waals surface area contributed by atoms with Crippen LogP contribution < -0.4 is 5.73 Å². The van der Waals surface area contributed by atoms with E-state index in [1.54, 1.807) is 0 Å². The van der Waals surface area contributed by atoms with E-state index in [1.807, 2.05) is 39.0 Å². The highest BCUT2D eigenvalue weighted by molar-refractivity contribution is 5.81. The van der Waals surface area contributed by atoms with Crippen LogP contribution in [0.15, 0.2) is 24.3 Å². The van der Waals surface area contributed by atoms with Crippen molar-refractivity contribution in [2.45, 2.75) is 26.8 Å². The van der Waals surface area contributed by atoms with Crippen molar-refractivity contribution in [1.82, 2.24) is 19.9 Å². The Morgan fingerprint density at radius 3 is 2.65 bits per heavy atom. The largest absolute Gasteiger partial charge is 0.342 e. The van der Waals surface area contributed by atoms with Gasteiger partial charge >= 0.3 is 0 Å². The number of nitrogens with zero attached hydrogens (tertiary/aromatic N) is 3. The van der Waals surface area contributed by atoms with Crippen molar-refractivity contribution in [2.75, 3.05) is 0 Å². The summed E-state index contributed by atoms with van der Waals surface area (Å²) in [5.41, 5.74) is 10.7. The number of aryl methyl sites for hydroxylation is 2. The Balaban J connectivity index is 2.14. The van der Waals surface area contributed by atoms with Crippen LogP contribution in [0.4, 0.5) is 0 Å². The van der Waals surface area contributed by atoms with Gasteiger partial charge in [0.2, 0.25) is 0 Å². The Morgan fingerprint density at radius 1 is 1.10 bits per heavy atom. The number of nitrogens with two attached hydrogens (primary N) is 1. The van der Waals surface area contributed by atoms with Gasteiger partial charge < -0.3 is 10.7 Å². The van der Waals surface area contributed by atoms with Crippen LogP contribution in [0.25, 0.3) is 22.3 Å². The van der Waals surface area contributed by atoms with Crippen molar-refractivity contribution >= 4 is 11.0 Å². The summed E-state index contributed by atoms with van der Waals surface area (Å²) in [6, 6.07) is 7.87. The number of hydrogen-bond acceptors (Lipinski definition) is 4. The van der Waals surface area contributed by atoms with Crippen molar-refractivity contribution in [1.29, 1.82) is 0 Å². The van der Waals surface area contributed by atoms with Crippen LogP contribution in [-0.4, -0.2) is 19.9 Å². The number of fused-ring (bicyclic) bond motifs is 1. The van der Waals surface area contributed by atoms with Crippen LogP contribution >= 0.6 is 0 Å². The van der Waals surface area contributed by atoms with Crippen molar-refractivity contribution in [2.24, 2.45) is 5.73 Å². The molecule has 3 aromatic rings. The fourth-order valence-electron chi connectivity index (χ4n) is 2.24. The molecule has 0 aliphatic heterocycles. The maximum atomic E-state index is 5.88. The lowest BCUT2D eigenvalue weighted by Crippen LogP contribution is -2.11. The molecule has 0 spiro atoms. The molecule has 20 heavy (non-hydrogen) atoms. The Hall–Kier alpha value is -2.27. The van der Waals surface area contributed by atoms with E-state index in [2.05, 4.69) is 26.0 Å². The normalized spacial score (nSPS) is 12.8. The zero-order valence-corrected chi connectivity index (χ0v) is 11.8. The molecule has 1 unspecified atom stereocenters. The molecule has 5 nitrogen and oxygen atoms in total. The fraction of sp³-hybridized carbons (Fsp3) is 0.267. The van der Waals surface area contributed by atoms with Crippen molar-refractivity contribution in [3.63, 3.8) is 0 Å². The summed E-state index contributed by atoms with van der Waals surface area (Å²) in [6.45, 7) is 5.79. The van der Waals surface area contributed by atoms with Gasteiger partial charge in [0.25, 0.3) is 0 Å². The number of hydrogen-bond donors (Lipinski definition) is 2. The Labute approximate surface area is 117 Å². The van der Waals surface area contributed by atoms with Crippen molar-refractivity contribution in [3.05, 3.63) is 41.6 Å². The summed E-state index contributed by atoms with van der Waals surface area (Å²) in [4.78, 5) is 16.6. The molecule has 2 heterocycles. The zero-order valence-electron chi connectivity index (χ0n) is 11.8. The van der Waals surface area contributed by atoms with Crippen LogP contribution in [0.1, 0.15) is 30.3 Å². The summed E-state index contributed by atoms with van der Waals surface area (Å²) >= 11 is 0. The van der Waals surface area contributed by atoms with E-state index in [-0.39, 0.29) is 6.04 Å². The molecule has 5 heteroatoms. The molecule has 0 fully saturated rings. The lowest BCUT2D eigenvalue weighted by atomic mass is 10.1. The third kappa shape index (κ3) is 2.28. The first-order valence-electron chi connectivity index (χ1n) is 6.61. The van der Waals surface area contributed by atoms with Crippen molar-refractivity contribution < 1.29 is 0 Å². The molecule has 102 valence electrons. The third-order valence-electron chi connectivity index (χ3n) is 3.17. The summed E-state index contributed by atoms with van der Waals surface area (Å²) < 4.78 is 0. The van der Waals surface area contributed by atoms with Crippen molar-refractivity contribution in [3.8, 4) is 11.3 Å². The van der Waals surface area contributed by atoms with Gasteiger partial charge in [-0.3, -0.25) is 0 Å². The maximum absolute atomic E-state index is 5.88. The third-order valence-corrected chi connectivity index (χ3v) is 3.17. The second kappa shape index (κ2) is 4.68. The van der Waals surface area contributed by atoms with E-state index in [0.717, 1.165) is 33.8 Å². The average Bonchev–Trinajstić information content (AvgIpc) is 2.76. The molecule has 0 saturated heterocycles. The van der Waals surface area contributed by atoms with Crippen LogP contribution in [0, 0.1) is 13.8 Å². The minimum absolute atomic E-state index is 0.174. The summed E-state index contributed by atoms with van der Waals surface area (Å²) in [7, 11) is 0. The van der Waals surface area contributed by atoms with Gasteiger partial charge in [0.05, 0.1) is 22.8 Å². The molecule has 0 aliphatic rings. The molecule has 0 bridgehead atoms. The second-order valence-electron chi connectivity index (χ2n) is 5.10. The molecule has 0 radical (unpaired) electrons. The first-order chi connectivity index (χ1) is 9.52. The Bertz CT molecular complexity index is 773. The molecule has 3 rings (SSSR count). The maximum Gasteiger partial charge on any atom is 0.145 e. The fourth-order valence-corrected chi connectivity index (χ4v) is 2.24. The predicted molar refractivity (Wildman–Crippen MR) is 79.2 cm³/mol. The van der Waals surface area contributed by atoms with Gasteiger partial charge in [0.15, 0.2) is 0 Å². The van der Waals surface area contributed by atoms with Crippen LogP contribution in [-0.2, 0) is 0 Å². The number of nitrogens with one attached hydrogen (secondary N) is 1. The van der Waals surface area contributed by atoms with Gasteiger partial charge in [0.1, 0.15) is 11.6 Å². The Kier molecular flexibility index (Phi) is 2.99. The van der Waals surface area contributed by atoms with Gasteiger partial charge in [-0.1, -0.05) is 6.07 Å². The first-order valence-corrected chi connectivity index (χ1v) is 6.61. The number of rotatable bonds is 2. The minimum Gasteiger partial charge on any atom is -0.342 e. The summed E-state index contributed by atoms with van der Waals surface area (Å²) in [5.74, 6) is 1.58. The van der Waals surface area contributed by atoms with Gasteiger partial charge in [-0.05, 0) is 39.0 Å². The standard InChI is InChI=1S/C15H17N5/c1-8-6-13(20-15(17-8)9(2)16)11-4-5-12-14(7-11)19-10(3)18-12/h4-7,9H,16H2,1-3H3,(H,18,19). The molecular weight excluding hydrogens is 250 g/mol. The van der Waals surface area contributed by atoms with Crippen LogP contribution in [0.5, 0.6) is 0 Å². The highest BCUT2D eigenvalue weighted by atomic mass is 14.9. The quantitative estimate of drug-likeness (QED) is 0.748. The number of imidazole rings is 1. The summed E-state index contributed by atoms with van der Waals surface area (Å²) in [6.07, 6.45) is 0. The van der Waals surface area contributed by atoms with Crippen LogP contribution in [0.3, 0.4) is 0 Å². The smallest absolute Gasteiger partial charge is 0.145 e. The van der Waals surface area contributed by atoms with E-state index < -0.39 is 0 Å². The SMILES string of the molecule is Cc1cc(-c2ccc3nc(C)[nH]c3c2)nc(C(C)N)n1. The van der Waals surface area contributed by atoms with E-state index in [1.165, 1.54) is 0 Å². The second-order valence-corrected chi connectivity index (χ2v) is 5.10. The zero-order chi connectivity index (χ0) is 14.3. The molecule has 0 amide bonds. The molecule has 0 saturated carbocycles. The van der Waals surface area contributed by atoms with E-state index in [0.29, 0.717) is 5.82 Å². The van der Waals surface area contributed by atoms with Gasteiger partial charge in [-0.15, -0.1) is 0 Å². The van der Waals surface area contributed by atoms with E-state index >= 15 is 0 Å². The summed E-state index contributed by atoms with van der Waals surface area (Å²) in [5, 5.41) is 0. The number of H-pyrrole nitrogens is 1. The molecule has 1 atom stereocenters. The average molecular weight is 267 g/mol. The van der Waals surface area contributed by atoms with Gasteiger partial charge in [0, 0.05) is 11.3 Å². The highest BCUT2D eigenvalue weighted by Gasteiger charge is 2.09. The van der Waals surface area contributed by atoms with Gasteiger partial charge in [-0.2, -0.15) is 0 Å². The van der Waals surface area contributed by atoms with Crippen LogP contribution in [0.2, 0.25) is 0 Å². The molecule has 1 aromatic carbocycles. The molecule has 3 N–H and O–H groups in total. The molecule has 0 aliphatic carbocycles. The number of aromatic nitrogens is 4. The molecule has 2 aromatic heterocycles. The predicted octanol–water partition coefficient (Wildman–Crippen LogP) is 2.66. The first kappa shape index (κ1) is 12.7.